The Morgan fingerprint density at radius 1 is 1.32 bits per heavy atom. The van der Waals surface area contributed by atoms with Crippen molar-refractivity contribution >= 4 is 5.91 Å². The molecule has 0 aromatic carbocycles. The largest absolute Gasteiger partial charge is 0.342 e. The maximum absolute atomic E-state index is 12.0. The van der Waals surface area contributed by atoms with Crippen LogP contribution in [-0.2, 0) is 4.79 Å². The third-order valence-electron chi connectivity index (χ3n) is 3.54. The molecular formula is C17H31NO. The number of hydrogen-bond acceptors (Lipinski definition) is 1. The van der Waals surface area contributed by atoms with Gasteiger partial charge in [0.15, 0.2) is 0 Å². The predicted octanol–water partition coefficient (Wildman–Crippen LogP) is 4.43. The number of rotatable bonds is 8. The monoisotopic (exact) mass is 265 g/mol. The molecule has 1 amide bonds. The van der Waals surface area contributed by atoms with E-state index in [0.717, 1.165) is 13.0 Å². The van der Waals surface area contributed by atoms with Gasteiger partial charge in [0, 0.05) is 19.2 Å². The molecule has 0 radical (unpaired) electrons. The number of hydrogen-bond donors (Lipinski definition) is 0. The zero-order valence-corrected chi connectivity index (χ0v) is 13.6. The second-order valence-electron chi connectivity index (χ2n) is 5.82. The molecule has 2 nitrogen and oxygen atoms in total. The average molecular weight is 265 g/mol. The van der Waals surface area contributed by atoms with E-state index in [9.17, 15) is 4.79 Å². The molecular weight excluding hydrogens is 234 g/mol. The van der Waals surface area contributed by atoms with Gasteiger partial charge in [-0.1, -0.05) is 45.4 Å². The van der Waals surface area contributed by atoms with Crippen LogP contribution in [0.2, 0.25) is 0 Å². The van der Waals surface area contributed by atoms with Crippen molar-refractivity contribution in [2.45, 2.75) is 53.9 Å². The van der Waals surface area contributed by atoms with Crippen LogP contribution in [0.25, 0.3) is 0 Å². The minimum atomic E-state index is 0.0850. The SMILES string of the molecule is C=C(CC)C(=O)N(C)CC(C)C(C=C(C)C)CCC. The molecule has 0 aliphatic heterocycles. The van der Waals surface area contributed by atoms with Crippen LogP contribution in [0.4, 0.5) is 0 Å². The van der Waals surface area contributed by atoms with Crippen molar-refractivity contribution in [3.8, 4) is 0 Å². The summed E-state index contributed by atoms with van der Waals surface area (Å²) in [4.78, 5) is 13.8. The zero-order chi connectivity index (χ0) is 15.0. The Balaban J connectivity index is 4.62. The van der Waals surface area contributed by atoms with Crippen molar-refractivity contribution in [2.24, 2.45) is 11.8 Å². The van der Waals surface area contributed by atoms with Crippen molar-refractivity contribution in [1.82, 2.24) is 4.90 Å². The van der Waals surface area contributed by atoms with Gasteiger partial charge >= 0.3 is 0 Å². The molecule has 19 heavy (non-hydrogen) atoms. The van der Waals surface area contributed by atoms with E-state index in [1.807, 2.05) is 18.9 Å². The maximum Gasteiger partial charge on any atom is 0.248 e. The second-order valence-corrected chi connectivity index (χ2v) is 5.82. The van der Waals surface area contributed by atoms with Gasteiger partial charge in [0.1, 0.15) is 0 Å². The Morgan fingerprint density at radius 3 is 2.32 bits per heavy atom. The van der Waals surface area contributed by atoms with Crippen LogP contribution in [0.3, 0.4) is 0 Å². The molecule has 0 heterocycles. The van der Waals surface area contributed by atoms with Gasteiger partial charge in [-0.2, -0.15) is 0 Å². The molecule has 110 valence electrons. The number of allylic oxidation sites excluding steroid dienone is 2. The Morgan fingerprint density at radius 2 is 1.89 bits per heavy atom. The van der Waals surface area contributed by atoms with Gasteiger partial charge in [-0.3, -0.25) is 4.79 Å². The summed E-state index contributed by atoms with van der Waals surface area (Å²) >= 11 is 0. The number of likely N-dealkylation sites (N-methyl/N-ethyl adjacent to an activating group) is 1. The fraction of sp³-hybridized carbons (Fsp3) is 0.706. The molecule has 2 heteroatoms. The van der Waals surface area contributed by atoms with Crippen molar-refractivity contribution in [3.05, 3.63) is 23.8 Å². The standard InChI is InChI=1S/C17H31NO/c1-8-10-16(11-13(3)4)15(6)12-18(7)17(19)14(5)9-2/h11,15-16H,5,8-10,12H2,1-4,6-7H3. The molecule has 0 fully saturated rings. The first-order valence-electron chi connectivity index (χ1n) is 7.41. The Labute approximate surface area is 119 Å². The van der Waals surface area contributed by atoms with Crippen LogP contribution in [-0.4, -0.2) is 24.4 Å². The topological polar surface area (TPSA) is 20.3 Å². The van der Waals surface area contributed by atoms with Crippen LogP contribution in [0.5, 0.6) is 0 Å². The fourth-order valence-electron chi connectivity index (χ4n) is 2.37. The molecule has 0 rings (SSSR count). The van der Waals surface area contributed by atoms with Crippen molar-refractivity contribution in [3.63, 3.8) is 0 Å². The molecule has 0 N–H and O–H groups in total. The highest BCUT2D eigenvalue weighted by molar-refractivity contribution is 5.92. The molecule has 2 unspecified atom stereocenters. The highest BCUT2D eigenvalue weighted by atomic mass is 16.2. The lowest BCUT2D eigenvalue weighted by Crippen LogP contribution is -2.34. The van der Waals surface area contributed by atoms with Crippen LogP contribution in [0, 0.1) is 11.8 Å². The zero-order valence-electron chi connectivity index (χ0n) is 13.6. The Hall–Kier alpha value is -1.05. The fourth-order valence-corrected chi connectivity index (χ4v) is 2.37. The number of carbonyl (C=O) groups excluding carboxylic acids is 1. The molecule has 0 aliphatic carbocycles. The van der Waals surface area contributed by atoms with Crippen LogP contribution < -0.4 is 0 Å². The lowest BCUT2D eigenvalue weighted by molar-refractivity contribution is -0.126. The maximum atomic E-state index is 12.0. The van der Waals surface area contributed by atoms with Crippen molar-refractivity contribution < 1.29 is 4.79 Å². The third kappa shape index (κ3) is 6.60. The van der Waals surface area contributed by atoms with Crippen LogP contribution in [0.15, 0.2) is 23.8 Å². The summed E-state index contributed by atoms with van der Waals surface area (Å²) in [6.07, 6.45) is 5.44. The molecule has 0 aromatic heterocycles. The molecule has 0 aromatic rings. The Bertz CT molecular complexity index is 326. The minimum Gasteiger partial charge on any atom is -0.342 e. The molecule has 0 spiro atoms. The first-order valence-corrected chi connectivity index (χ1v) is 7.41. The summed E-state index contributed by atoms with van der Waals surface area (Å²) < 4.78 is 0. The number of nitrogens with zero attached hydrogens (tertiary/aromatic N) is 1. The van der Waals surface area contributed by atoms with Gasteiger partial charge in [-0.25, -0.2) is 0 Å². The molecule has 2 atom stereocenters. The van der Waals surface area contributed by atoms with E-state index in [2.05, 4.69) is 40.3 Å². The molecule has 0 saturated carbocycles. The summed E-state index contributed by atoms with van der Waals surface area (Å²) in [5.74, 6) is 1.12. The highest BCUT2D eigenvalue weighted by Gasteiger charge is 2.19. The van der Waals surface area contributed by atoms with Crippen molar-refractivity contribution in [2.75, 3.05) is 13.6 Å². The van der Waals surface area contributed by atoms with E-state index < -0.39 is 0 Å². The average Bonchev–Trinajstić information content (AvgIpc) is 2.35. The van der Waals surface area contributed by atoms with Gasteiger partial charge < -0.3 is 4.90 Å². The summed E-state index contributed by atoms with van der Waals surface area (Å²) in [5.41, 5.74) is 2.06. The molecule has 0 bridgehead atoms. The first kappa shape index (κ1) is 17.9. The van der Waals surface area contributed by atoms with Gasteiger partial charge in [0.05, 0.1) is 0 Å². The van der Waals surface area contributed by atoms with Gasteiger partial charge in [0.25, 0.3) is 0 Å². The summed E-state index contributed by atoms with van der Waals surface area (Å²) in [6, 6.07) is 0. The number of amides is 1. The lowest BCUT2D eigenvalue weighted by atomic mass is 9.88. The first-order chi connectivity index (χ1) is 8.83. The van der Waals surface area contributed by atoms with Crippen molar-refractivity contribution in [1.29, 1.82) is 0 Å². The van der Waals surface area contributed by atoms with E-state index in [0.29, 0.717) is 17.4 Å². The summed E-state index contributed by atoms with van der Waals surface area (Å²) in [6.45, 7) is 15.3. The molecule has 0 aliphatic rings. The van der Waals surface area contributed by atoms with E-state index >= 15 is 0 Å². The highest BCUT2D eigenvalue weighted by Crippen LogP contribution is 2.22. The van der Waals surface area contributed by atoms with Gasteiger partial charge in [-0.15, -0.1) is 0 Å². The van der Waals surface area contributed by atoms with E-state index in [1.165, 1.54) is 18.4 Å². The number of carbonyl (C=O) groups is 1. The smallest absolute Gasteiger partial charge is 0.248 e. The lowest BCUT2D eigenvalue weighted by Gasteiger charge is -2.27. The normalized spacial score (nSPS) is 13.6. The minimum absolute atomic E-state index is 0.0850. The van der Waals surface area contributed by atoms with Crippen LogP contribution in [0.1, 0.15) is 53.9 Å². The van der Waals surface area contributed by atoms with E-state index in [4.69, 9.17) is 0 Å². The van der Waals surface area contributed by atoms with Gasteiger partial charge in [0.2, 0.25) is 5.91 Å². The van der Waals surface area contributed by atoms with Crippen LogP contribution >= 0.6 is 0 Å². The molecule has 0 saturated heterocycles. The third-order valence-corrected chi connectivity index (χ3v) is 3.54. The summed E-state index contributed by atoms with van der Waals surface area (Å²) in [7, 11) is 1.88. The van der Waals surface area contributed by atoms with Gasteiger partial charge in [-0.05, 0) is 38.5 Å². The van der Waals surface area contributed by atoms with E-state index in [1.54, 1.807) is 0 Å². The summed E-state index contributed by atoms with van der Waals surface area (Å²) in [5, 5.41) is 0. The Kier molecular flexibility index (Phi) is 8.46. The second kappa shape index (κ2) is 8.95. The van der Waals surface area contributed by atoms with E-state index in [-0.39, 0.29) is 5.91 Å². The predicted molar refractivity (Wildman–Crippen MR) is 84.1 cm³/mol. The quantitative estimate of drug-likeness (QED) is 0.469.